The molecule has 3 N–H and O–H groups in total. The number of hydrogen-bond donors (Lipinski definition) is 2. The number of carbonyl (C=O) groups is 1. The van der Waals surface area contributed by atoms with Gasteiger partial charge in [0.25, 0.3) is 0 Å². The molecular weight excluding hydrogens is 197 g/mol. The number of hydrogen-bond acceptors (Lipinski definition) is 3. The zero-order chi connectivity index (χ0) is 11.6. The van der Waals surface area contributed by atoms with Gasteiger partial charge < -0.3 is 10.8 Å². The molecule has 0 spiro atoms. The van der Waals surface area contributed by atoms with E-state index in [-0.39, 0.29) is 5.56 Å². The minimum Gasteiger partial charge on any atom is -0.504 e. The Morgan fingerprint density at radius 2 is 2.20 bits per heavy atom. The van der Waals surface area contributed by atoms with E-state index in [9.17, 15) is 14.3 Å². The minimum absolute atomic E-state index is 0.0400. The fraction of sp³-hybridized carbons (Fsp3) is 0.364. The molecule has 0 heterocycles. The Morgan fingerprint density at radius 1 is 1.60 bits per heavy atom. The number of aryl methyl sites for hydroxylation is 1. The van der Waals surface area contributed by atoms with Gasteiger partial charge in [-0.3, -0.25) is 4.79 Å². The summed E-state index contributed by atoms with van der Waals surface area (Å²) in [7, 11) is 0. The number of Topliss-reactive ketones (excluding diaryl/α,β-unsaturated/α-hetero) is 1. The van der Waals surface area contributed by atoms with E-state index in [0.29, 0.717) is 12.0 Å². The molecule has 0 aliphatic heterocycles. The van der Waals surface area contributed by atoms with Crippen LogP contribution in [0.15, 0.2) is 12.1 Å². The first-order valence-corrected chi connectivity index (χ1v) is 4.78. The normalized spacial score (nSPS) is 12.5. The van der Waals surface area contributed by atoms with Crippen molar-refractivity contribution in [2.45, 2.75) is 26.3 Å². The summed E-state index contributed by atoms with van der Waals surface area (Å²) < 4.78 is 13.2. The smallest absolute Gasteiger partial charge is 0.183 e. The third-order valence-electron chi connectivity index (χ3n) is 2.21. The van der Waals surface area contributed by atoms with Crippen LogP contribution in [-0.4, -0.2) is 16.9 Å². The van der Waals surface area contributed by atoms with Gasteiger partial charge in [0.05, 0.1) is 11.6 Å². The van der Waals surface area contributed by atoms with Gasteiger partial charge in [-0.05, 0) is 31.0 Å². The van der Waals surface area contributed by atoms with Crippen molar-refractivity contribution in [1.29, 1.82) is 0 Å². The summed E-state index contributed by atoms with van der Waals surface area (Å²) in [5, 5.41) is 9.39. The molecule has 1 atom stereocenters. The second-order valence-corrected chi connectivity index (χ2v) is 3.48. The van der Waals surface area contributed by atoms with Gasteiger partial charge in [-0.15, -0.1) is 0 Å². The first-order valence-electron chi connectivity index (χ1n) is 4.78. The van der Waals surface area contributed by atoms with E-state index in [1.54, 1.807) is 0 Å². The third-order valence-corrected chi connectivity index (χ3v) is 2.21. The van der Waals surface area contributed by atoms with Crippen LogP contribution in [0.3, 0.4) is 0 Å². The number of phenols is 1. The van der Waals surface area contributed by atoms with Gasteiger partial charge in [0, 0.05) is 0 Å². The van der Waals surface area contributed by atoms with E-state index in [2.05, 4.69) is 0 Å². The molecule has 0 bridgehead atoms. The van der Waals surface area contributed by atoms with E-state index in [4.69, 9.17) is 5.73 Å². The number of aromatic hydroxyl groups is 1. The van der Waals surface area contributed by atoms with Crippen molar-refractivity contribution in [2.24, 2.45) is 5.73 Å². The number of rotatable bonds is 3. The van der Waals surface area contributed by atoms with Crippen LogP contribution in [0.25, 0.3) is 0 Å². The van der Waals surface area contributed by atoms with Gasteiger partial charge in [-0.2, -0.15) is 0 Å². The summed E-state index contributed by atoms with van der Waals surface area (Å²) in [6, 6.07) is 1.94. The van der Waals surface area contributed by atoms with E-state index in [1.807, 2.05) is 6.92 Å². The highest BCUT2D eigenvalue weighted by molar-refractivity contribution is 6.02. The number of carbonyl (C=O) groups excluding carboxylic acids is 1. The molecule has 1 unspecified atom stereocenters. The van der Waals surface area contributed by atoms with Crippen LogP contribution in [0.2, 0.25) is 0 Å². The van der Waals surface area contributed by atoms with Crippen LogP contribution < -0.4 is 5.73 Å². The van der Waals surface area contributed by atoms with E-state index in [1.165, 1.54) is 19.1 Å². The Kier molecular flexibility index (Phi) is 3.42. The third kappa shape index (κ3) is 2.33. The summed E-state index contributed by atoms with van der Waals surface area (Å²) in [5.74, 6) is -1.85. The number of nitrogens with two attached hydrogens (primary N) is 1. The molecule has 15 heavy (non-hydrogen) atoms. The average molecular weight is 211 g/mol. The summed E-state index contributed by atoms with van der Waals surface area (Å²) in [5.41, 5.74) is 6.02. The Labute approximate surface area is 87.7 Å². The van der Waals surface area contributed by atoms with Crippen molar-refractivity contribution < 1.29 is 14.3 Å². The molecule has 0 amide bonds. The molecule has 1 rings (SSSR count). The maximum absolute atomic E-state index is 13.2. The topological polar surface area (TPSA) is 63.3 Å². The highest BCUT2D eigenvalue weighted by Gasteiger charge is 2.18. The minimum atomic E-state index is -0.779. The molecule has 82 valence electrons. The number of benzene rings is 1. The summed E-state index contributed by atoms with van der Waals surface area (Å²) in [4.78, 5) is 11.5. The number of ketones is 1. The second-order valence-electron chi connectivity index (χ2n) is 3.48. The largest absolute Gasteiger partial charge is 0.504 e. The molecule has 0 aliphatic rings. The average Bonchev–Trinajstić information content (AvgIpc) is 2.20. The molecule has 0 aromatic heterocycles. The predicted molar refractivity (Wildman–Crippen MR) is 55.4 cm³/mol. The molecule has 1 aromatic carbocycles. The molecule has 1 aromatic rings. The molecular formula is C11H14FNO2. The van der Waals surface area contributed by atoms with Crippen molar-refractivity contribution in [3.8, 4) is 5.75 Å². The van der Waals surface area contributed by atoms with E-state index >= 15 is 0 Å². The van der Waals surface area contributed by atoms with Crippen LogP contribution in [-0.2, 0) is 6.42 Å². The highest BCUT2D eigenvalue weighted by Crippen LogP contribution is 2.24. The predicted octanol–water partition coefficient (Wildman–Crippen LogP) is 1.62. The Bertz CT molecular complexity index is 388. The molecule has 0 saturated heterocycles. The molecule has 0 aliphatic carbocycles. The van der Waals surface area contributed by atoms with Crippen LogP contribution in [0, 0.1) is 5.82 Å². The SMILES string of the molecule is CCc1cc(F)c(O)c(C(=O)C(C)N)c1. The van der Waals surface area contributed by atoms with Crippen molar-refractivity contribution in [1.82, 2.24) is 0 Å². The Balaban J connectivity index is 3.27. The van der Waals surface area contributed by atoms with Crippen molar-refractivity contribution in [3.05, 3.63) is 29.1 Å². The number of phenolic OH excluding ortho intramolecular Hbond substituents is 1. The van der Waals surface area contributed by atoms with Crippen LogP contribution in [0.4, 0.5) is 4.39 Å². The van der Waals surface area contributed by atoms with Crippen molar-refractivity contribution in [2.75, 3.05) is 0 Å². The van der Waals surface area contributed by atoms with E-state index in [0.717, 1.165) is 0 Å². The maximum Gasteiger partial charge on any atom is 0.183 e. The molecule has 0 fully saturated rings. The van der Waals surface area contributed by atoms with Gasteiger partial charge >= 0.3 is 0 Å². The molecule has 3 nitrogen and oxygen atoms in total. The summed E-state index contributed by atoms with van der Waals surface area (Å²) in [6.45, 7) is 3.34. The zero-order valence-electron chi connectivity index (χ0n) is 8.75. The number of halogens is 1. The summed E-state index contributed by atoms with van der Waals surface area (Å²) >= 11 is 0. The lowest BCUT2D eigenvalue weighted by Gasteiger charge is -2.09. The van der Waals surface area contributed by atoms with Crippen LogP contribution in [0.1, 0.15) is 29.8 Å². The lowest BCUT2D eigenvalue weighted by atomic mass is 10.0. The quantitative estimate of drug-likeness (QED) is 0.747. The molecule has 4 heteroatoms. The highest BCUT2D eigenvalue weighted by atomic mass is 19.1. The fourth-order valence-electron chi connectivity index (χ4n) is 1.29. The lowest BCUT2D eigenvalue weighted by Crippen LogP contribution is -2.27. The summed E-state index contributed by atoms with van der Waals surface area (Å²) in [6.07, 6.45) is 0.594. The van der Waals surface area contributed by atoms with Crippen LogP contribution >= 0.6 is 0 Å². The Morgan fingerprint density at radius 3 is 2.67 bits per heavy atom. The van der Waals surface area contributed by atoms with Gasteiger partial charge in [-0.1, -0.05) is 6.92 Å². The fourth-order valence-corrected chi connectivity index (χ4v) is 1.29. The van der Waals surface area contributed by atoms with Gasteiger partial charge in [-0.25, -0.2) is 4.39 Å². The maximum atomic E-state index is 13.2. The Hall–Kier alpha value is -1.42. The monoisotopic (exact) mass is 211 g/mol. The van der Waals surface area contributed by atoms with Crippen molar-refractivity contribution in [3.63, 3.8) is 0 Å². The standard InChI is InChI=1S/C11H14FNO2/c1-3-7-4-8(10(14)6(2)13)11(15)9(12)5-7/h4-6,15H,3,13H2,1-2H3. The lowest BCUT2D eigenvalue weighted by molar-refractivity contribution is 0.0964. The van der Waals surface area contributed by atoms with Gasteiger partial charge in [0.1, 0.15) is 0 Å². The molecule has 0 saturated carbocycles. The van der Waals surface area contributed by atoms with E-state index < -0.39 is 23.4 Å². The van der Waals surface area contributed by atoms with Gasteiger partial charge in [0.15, 0.2) is 17.3 Å². The van der Waals surface area contributed by atoms with Crippen LogP contribution in [0.5, 0.6) is 5.75 Å². The zero-order valence-corrected chi connectivity index (χ0v) is 8.75. The first kappa shape index (κ1) is 11.7. The van der Waals surface area contributed by atoms with Gasteiger partial charge in [0.2, 0.25) is 0 Å². The second kappa shape index (κ2) is 4.40. The van der Waals surface area contributed by atoms with Crippen molar-refractivity contribution >= 4 is 5.78 Å². The first-order chi connectivity index (χ1) is 6.97. The molecule has 0 radical (unpaired) electrons.